The zero-order valence-corrected chi connectivity index (χ0v) is 83.5. The molecule has 5 amide bonds. The minimum atomic E-state index is -3.88. The Morgan fingerprint density at radius 3 is 0.745 bits per heavy atom. The fraction of sp³-hybridized carbons (Fsp3) is 0.163. The number of nitrogens with two attached hydrogens (primary N) is 3. The van der Waals surface area contributed by atoms with Crippen LogP contribution in [0.3, 0.4) is 0 Å². The van der Waals surface area contributed by atoms with Gasteiger partial charge < -0.3 is 67.2 Å². The van der Waals surface area contributed by atoms with Crippen LogP contribution >= 0.6 is 18.2 Å². The molecule has 11 aromatic carbocycles. The number of benzene rings is 11. The predicted molar refractivity (Wildman–Crippen MR) is 556 cm³/mol. The quantitative estimate of drug-likeness (QED) is 0.00433. The standard InChI is InChI=1S/C27H29N3O5S.C23H21N3O5S.2C16H20N2O2S.C11H11NO4.C5H6O4.2BH2OP/c1-3-4-19-28-36(33,34)25-8-6-5-7-24(25)20-9-11-21(12-10-20)29-26(31)17-18-27(32)30-22-13-15-23(35-2)16-14-22;1-31-19-12-10-18(11-13-19)26-23(28)15-14-22(27)25-17-8-6-16(7-9-17)20-4-2-3-5-21(20)32(24,29)30;2*1-2-3-12-18-21(19,20)16-7-5-4-6-15(16)13-8-10-14(17)11-9-13;1-16-9-4-2-8(3-5-9)12-10(13)6-7-11(14)15;1-9-5(8)3-2-4(6)7;2*2-1-3/h5-18,28H,3-4,19H2,1-2H3,(H,29,31)(H,30,32);2-15H,1H3,(H,25,27)(H,26,28)(H2,24,29,30);2*4-11,18H,2-3,12,17H2,1H3;2-7H,1H3,(H,12,13)(H,14,15);2-3H,1H3,(H,6,7);2*3H2/b18-17-;15-14-;;;7-6-;3-2-;;. The molecule has 16 N–H and O–H groups in total. The number of primary sulfonamides is 1. The van der Waals surface area contributed by atoms with Crippen LogP contribution in [-0.2, 0) is 92.6 Å². The van der Waals surface area contributed by atoms with Gasteiger partial charge in [0.1, 0.15) is 17.2 Å². The molecule has 742 valence electrons. The first-order chi connectivity index (χ1) is 67.3. The first kappa shape index (κ1) is 119. The molecule has 0 aliphatic heterocycles. The van der Waals surface area contributed by atoms with E-state index in [2.05, 4.69) is 45.5 Å². The summed E-state index contributed by atoms with van der Waals surface area (Å²) in [4.78, 5) is 90.4. The zero-order valence-electron chi connectivity index (χ0n) is 77.9. The summed E-state index contributed by atoms with van der Waals surface area (Å²) in [5.41, 5.74) is 20.7. The number of carboxylic acids is 2. The van der Waals surface area contributed by atoms with Crippen molar-refractivity contribution in [2.45, 2.75) is 78.9 Å². The van der Waals surface area contributed by atoms with Crippen molar-refractivity contribution >= 4 is 159 Å². The number of esters is 1. The molecule has 11 aromatic rings. The van der Waals surface area contributed by atoms with Crippen molar-refractivity contribution in [3.05, 3.63) is 316 Å². The van der Waals surface area contributed by atoms with E-state index < -0.39 is 87.5 Å². The number of sulfonamides is 4. The number of nitrogen functional groups attached to an aromatic ring is 2. The first-order valence-electron chi connectivity index (χ1n) is 42.6. The molecule has 0 saturated heterocycles. The second kappa shape index (κ2) is 63.8. The second-order valence-electron chi connectivity index (χ2n) is 28.6. The summed E-state index contributed by atoms with van der Waals surface area (Å²) in [6.07, 6.45) is 13.0. The fourth-order valence-corrected chi connectivity index (χ4v) is 16.2. The summed E-state index contributed by atoms with van der Waals surface area (Å²) >= 11 is 0. The van der Waals surface area contributed by atoms with Gasteiger partial charge in [0, 0.05) is 130 Å². The number of carboxylic acid groups (broad SMARTS) is 2. The summed E-state index contributed by atoms with van der Waals surface area (Å²) < 4.78 is 143. The van der Waals surface area contributed by atoms with Crippen LogP contribution in [0.15, 0.2) is 335 Å². The van der Waals surface area contributed by atoms with Crippen LogP contribution in [0.1, 0.15) is 59.3 Å². The molecule has 2 atom stereocenters. The number of hydrogen-bond donors (Lipinski definition) is 13. The topological polar surface area (TPSA) is 559 Å². The van der Waals surface area contributed by atoms with E-state index in [1.165, 1.54) is 13.2 Å². The van der Waals surface area contributed by atoms with Crippen LogP contribution < -0.4 is 71.6 Å². The summed E-state index contributed by atoms with van der Waals surface area (Å²) in [7, 11) is -4.92. The van der Waals surface area contributed by atoms with Crippen molar-refractivity contribution in [2.24, 2.45) is 5.14 Å². The van der Waals surface area contributed by atoms with Crippen molar-refractivity contribution in [2.75, 3.05) is 86.1 Å². The average molecular weight is 2040 g/mol. The summed E-state index contributed by atoms with van der Waals surface area (Å²) in [5.74, 6) is -3.35. The molecule has 0 aromatic heterocycles. The van der Waals surface area contributed by atoms with Gasteiger partial charge in [0.05, 0.1) is 48.0 Å². The molecule has 35 nitrogen and oxygen atoms in total. The first-order valence-corrected chi connectivity index (χ1v) is 50.0. The van der Waals surface area contributed by atoms with Crippen LogP contribution in [-0.4, -0.2) is 153 Å². The van der Waals surface area contributed by atoms with Crippen molar-refractivity contribution in [3.8, 4) is 61.8 Å². The molecule has 0 radical (unpaired) electrons. The Morgan fingerprint density at radius 2 is 0.525 bits per heavy atom. The summed E-state index contributed by atoms with van der Waals surface area (Å²) in [6.45, 7) is 8.66. The van der Waals surface area contributed by atoms with Gasteiger partial charge >= 0.3 is 59.3 Å². The molecule has 141 heavy (non-hydrogen) atoms. The maximum atomic E-state index is 12.8. The maximum absolute atomic E-state index is 12.8. The molecule has 43 heteroatoms. The predicted octanol–water partition coefficient (Wildman–Crippen LogP) is 14.5. The molecule has 0 saturated carbocycles. The Labute approximate surface area is 826 Å². The van der Waals surface area contributed by atoms with Crippen molar-refractivity contribution in [1.82, 2.24) is 14.2 Å². The molecule has 0 aliphatic rings. The third-order valence-corrected chi connectivity index (χ3v) is 23.9. The Hall–Kier alpha value is -14.6. The van der Waals surface area contributed by atoms with Gasteiger partial charge in [-0.15, -0.1) is 0 Å². The number of methoxy groups -OCH3 is 4. The third kappa shape index (κ3) is 45.2. The number of amides is 5. The number of carbonyl (C=O) groups excluding carboxylic acids is 6. The van der Waals surface area contributed by atoms with Crippen molar-refractivity contribution in [1.29, 1.82) is 0 Å². The number of unbranched alkanes of at least 4 members (excludes halogenated alkanes) is 3. The molecule has 0 spiro atoms. The van der Waals surface area contributed by atoms with Gasteiger partial charge in [-0.1, -0.05) is 161 Å². The van der Waals surface area contributed by atoms with E-state index in [4.69, 9.17) is 50.4 Å². The second-order valence-corrected chi connectivity index (χ2v) is 35.9. The average Bonchev–Trinajstić information content (AvgIpc) is 0.811. The molecule has 0 heterocycles. The number of carbonyl (C=O) groups is 8. The Balaban J connectivity index is 0.000000362. The van der Waals surface area contributed by atoms with Crippen LogP contribution in [0.25, 0.3) is 44.5 Å². The van der Waals surface area contributed by atoms with E-state index in [1.807, 2.05) is 75.4 Å². The van der Waals surface area contributed by atoms with Crippen molar-refractivity contribution < 1.29 is 111 Å². The summed E-state index contributed by atoms with van der Waals surface area (Å²) in [6, 6.07) is 75.2. The van der Waals surface area contributed by atoms with Crippen LogP contribution in [0, 0.1) is 0 Å². The zero-order chi connectivity index (χ0) is 104. The van der Waals surface area contributed by atoms with E-state index in [9.17, 15) is 72.0 Å². The summed E-state index contributed by atoms with van der Waals surface area (Å²) in [5, 5.41) is 34.7. The van der Waals surface area contributed by atoms with Crippen molar-refractivity contribution in [3.63, 3.8) is 0 Å². The van der Waals surface area contributed by atoms with E-state index >= 15 is 0 Å². The Kier molecular flexibility index (Phi) is 53.7. The van der Waals surface area contributed by atoms with Crippen LogP contribution in [0.4, 0.5) is 39.8 Å². The normalized spacial score (nSPS) is 10.7. The van der Waals surface area contributed by atoms with Crippen LogP contribution in [0.2, 0.25) is 0 Å². The van der Waals surface area contributed by atoms with E-state index in [1.54, 1.807) is 246 Å². The van der Waals surface area contributed by atoms with Gasteiger partial charge in [-0.3, -0.25) is 24.0 Å². The van der Waals surface area contributed by atoms with E-state index in [0.717, 1.165) is 92.2 Å². The number of anilines is 7. The fourth-order valence-electron chi connectivity index (χ4n) is 11.5. The van der Waals surface area contributed by atoms with E-state index in [0.29, 0.717) is 140 Å². The number of rotatable bonds is 36. The number of hydrogen-bond acceptors (Lipinski definition) is 24. The number of nitrogens with one attached hydrogen (secondary N) is 8. The minimum absolute atomic E-state index is 0.0163. The van der Waals surface area contributed by atoms with E-state index in [-0.39, 0.29) is 9.79 Å². The molecular weight excluding hydrogens is 1930 g/mol. The van der Waals surface area contributed by atoms with Gasteiger partial charge in [-0.05, 0) is 187 Å². The van der Waals surface area contributed by atoms with Gasteiger partial charge in [0.2, 0.25) is 69.6 Å². The van der Waals surface area contributed by atoms with Gasteiger partial charge in [0.15, 0.2) is 0 Å². The molecule has 11 rings (SSSR count). The SMILES string of the molecule is CCCCNS(=O)(=O)c1ccccc1-c1ccc(N)cc1.CCCCNS(=O)(=O)c1ccccc1-c1ccc(N)cc1.CCCCNS(=O)(=O)c1ccccc1-c1ccc(NC(=O)/C=C\C(=O)Nc2ccc(OC)cc2)cc1.COC(=O)/C=C\C(=O)O.COc1ccc(NC(=O)/C=C\C(=O)Nc2ccc(-c3ccccc3S(N)(=O)=O)cc2)cc1.COc1ccc(NC(=O)/C=C\C(=O)O)cc1.O=BP.O=BP. The van der Waals surface area contributed by atoms with Gasteiger partial charge in [-0.25, -0.2) is 67.4 Å². The van der Waals surface area contributed by atoms with Gasteiger partial charge in [-0.2, -0.15) is 0 Å². The monoisotopic (exact) mass is 2040 g/mol. The number of ether oxygens (including phenoxy) is 4. The van der Waals surface area contributed by atoms with Crippen LogP contribution in [0.5, 0.6) is 17.2 Å². The molecule has 2 unspecified atom stereocenters. The molecular formula is C98H111B2N11O24P2S4. The Bertz CT molecular complexity index is 6410. The number of aliphatic carboxylic acids is 2. The molecule has 0 bridgehead atoms. The van der Waals surface area contributed by atoms with Gasteiger partial charge in [0.25, 0.3) is 0 Å². The third-order valence-electron chi connectivity index (χ3n) is 18.3. The Morgan fingerprint density at radius 1 is 0.319 bits per heavy atom. The molecule has 0 aliphatic carbocycles. The molecule has 0 fully saturated rings.